The summed E-state index contributed by atoms with van der Waals surface area (Å²) in [6.07, 6.45) is 0.902. The normalized spacial score (nSPS) is 12.0. The molecule has 0 saturated heterocycles. The van der Waals surface area contributed by atoms with Crippen LogP contribution in [0, 0.1) is 11.7 Å². The Morgan fingerprint density at radius 2 is 2.22 bits per heavy atom. The maximum atomic E-state index is 13.0. The van der Waals surface area contributed by atoms with Crippen LogP contribution in [0.1, 0.15) is 17.3 Å². The van der Waals surface area contributed by atoms with E-state index >= 15 is 0 Å². The van der Waals surface area contributed by atoms with Crippen molar-refractivity contribution in [3.05, 3.63) is 28.8 Å². The van der Waals surface area contributed by atoms with Crippen molar-refractivity contribution in [2.75, 3.05) is 13.6 Å². The second-order valence-corrected chi connectivity index (χ2v) is 4.27. The molecule has 98 valence electrons. The lowest BCUT2D eigenvalue weighted by atomic mass is 10.1. The standard InChI is InChI=1S/C11H12ClFN2O3/c1-6(11(17)18)5-15(2)10(16)8-3-7(13)4-14-9(8)12/h3-4,6H,5H2,1-2H3,(H,17,18). The predicted octanol–water partition coefficient (Wildman–Crippen LogP) is 1.67. The lowest BCUT2D eigenvalue weighted by Gasteiger charge is -2.19. The molecule has 5 nitrogen and oxygen atoms in total. The Labute approximate surface area is 108 Å². The molecule has 1 amide bonds. The SMILES string of the molecule is CC(CN(C)C(=O)c1cc(F)cnc1Cl)C(=O)O. The van der Waals surface area contributed by atoms with E-state index in [-0.39, 0.29) is 17.3 Å². The summed E-state index contributed by atoms with van der Waals surface area (Å²) in [5.74, 6) is -2.99. The molecule has 0 spiro atoms. The molecule has 1 atom stereocenters. The average molecular weight is 275 g/mol. The number of carbonyl (C=O) groups is 2. The van der Waals surface area contributed by atoms with Crippen LogP contribution in [0.4, 0.5) is 4.39 Å². The highest BCUT2D eigenvalue weighted by molar-refractivity contribution is 6.32. The minimum Gasteiger partial charge on any atom is -0.481 e. The van der Waals surface area contributed by atoms with Gasteiger partial charge in [-0.1, -0.05) is 18.5 Å². The summed E-state index contributed by atoms with van der Waals surface area (Å²) in [7, 11) is 1.42. The van der Waals surface area contributed by atoms with Crippen molar-refractivity contribution in [1.82, 2.24) is 9.88 Å². The molecule has 0 aromatic carbocycles. The first-order chi connectivity index (χ1) is 8.32. The fraction of sp³-hybridized carbons (Fsp3) is 0.364. The van der Waals surface area contributed by atoms with E-state index in [2.05, 4.69) is 4.98 Å². The zero-order valence-corrected chi connectivity index (χ0v) is 10.6. The van der Waals surface area contributed by atoms with Crippen LogP contribution in [-0.2, 0) is 4.79 Å². The Balaban J connectivity index is 2.86. The molecule has 0 fully saturated rings. The van der Waals surface area contributed by atoms with Crippen LogP contribution in [0.3, 0.4) is 0 Å². The molecule has 18 heavy (non-hydrogen) atoms. The van der Waals surface area contributed by atoms with E-state index in [0.29, 0.717) is 0 Å². The molecule has 0 aliphatic carbocycles. The molecular formula is C11H12ClFN2O3. The van der Waals surface area contributed by atoms with Crippen molar-refractivity contribution < 1.29 is 19.1 Å². The van der Waals surface area contributed by atoms with Gasteiger partial charge in [-0.2, -0.15) is 0 Å². The molecule has 1 rings (SSSR count). The van der Waals surface area contributed by atoms with Gasteiger partial charge in [0.05, 0.1) is 17.7 Å². The number of carboxylic acids is 1. The van der Waals surface area contributed by atoms with Gasteiger partial charge in [-0.25, -0.2) is 9.37 Å². The summed E-state index contributed by atoms with van der Waals surface area (Å²) in [6.45, 7) is 1.47. The van der Waals surface area contributed by atoms with Gasteiger partial charge in [-0.15, -0.1) is 0 Å². The average Bonchev–Trinajstić information content (AvgIpc) is 2.31. The summed E-state index contributed by atoms with van der Waals surface area (Å²) in [5, 5.41) is 8.63. The molecular weight excluding hydrogens is 263 g/mol. The van der Waals surface area contributed by atoms with Gasteiger partial charge in [0.2, 0.25) is 0 Å². The van der Waals surface area contributed by atoms with Crippen LogP contribution in [0.2, 0.25) is 5.15 Å². The fourth-order valence-electron chi connectivity index (χ4n) is 1.35. The fourth-order valence-corrected chi connectivity index (χ4v) is 1.53. The van der Waals surface area contributed by atoms with Crippen molar-refractivity contribution in [3.8, 4) is 0 Å². The molecule has 0 aliphatic rings. The Hall–Kier alpha value is -1.69. The Morgan fingerprint density at radius 3 is 2.78 bits per heavy atom. The molecule has 1 aromatic heterocycles. The molecule has 1 unspecified atom stereocenters. The maximum absolute atomic E-state index is 13.0. The quantitative estimate of drug-likeness (QED) is 0.848. The summed E-state index contributed by atoms with van der Waals surface area (Å²) >= 11 is 5.69. The third-order valence-corrected chi connectivity index (χ3v) is 2.65. The highest BCUT2D eigenvalue weighted by Crippen LogP contribution is 2.16. The number of aromatic nitrogens is 1. The number of amides is 1. The van der Waals surface area contributed by atoms with Crippen LogP contribution >= 0.6 is 11.6 Å². The summed E-state index contributed by atoms with van der Waals surface area (Å²) in [6, 6.07) is 0.972. The maximum Gasteiger partial charge on any atom is 0.308 e. The molecule has 0 aliphatic heterocycles. The smallest absolute Gasteiger partial charge is 0.308 e. The highest BCUT2D eigenvalue weighted by Gasteiger charge is 2.21. The van der Waals surface area contributed by atoms with Gasteiger partial charge in [0.15, 0.2) is 0 Å². The third-order valence-electron chi connectivity index (χ3n) is 2.35. The first-order valence-electron chi connectivity index (χ1n) is 5.12. The molecule has 7 heteroatoms. The Kier molecular flexibility index (Phi) is 4.61. The van der Waals surface area contributed by atoms with Gasteiger partial charge in [0.25, 0.3) is 5.91 Å². The van der Waals surface area contributed by atoms with Crippen LogP contribution in [0.5, 0.6) is 0 Å². The van der Waals surface area contributed by atoms with Crippen molar-refractivity contribution in [2.45, 2.75) is 6.92 Å². The number of halogens is 2. The zero-order chi connectivity index (χ0) is 13.9. The first-order valence-corrected chi connectivity index (χ1v) is 5.50. The minimum atomic E-state index is -1.02. The lowest BCUT2D eigenvalue weighted by Crippen LogP contribution is -2.34. The summed E-state index contributed by atoms with van der Waals surface area (Å²) in [4.78, 5) is 27.3. The highest BCUT2D eigenvalue weighted by atomic mass is 35.5. The third kappa shape index (κ3) is 3.40. The predicted molar refractivity (Wildman–Crippen MR) is 63.0 cm³/mol. The van der Waals surface area contributed by atoms with E-state index in [1.54, 1.807) is 0 Å². The number of aliphatic carboxylic acids is 1. The number of hydrogen-bond acceptors (Lipinski definition) is 3. The van der Waals surface area contributed by atoms with E-state index in [1.165, 1.54) is 18.9 Å². The van der Waals surface area contributed by atoms with Crippen molar-refractivity contribution in [3.63, 3.8) is 0 Å². The van der Waals surface area contributed by atoms with Gasteiger partial charge >= 0.3 is 5.97 Å². The van der Waals surface area contributed by atoms with E-state index in [0.717, 1.165) is 12.3 Å². The number of rotatable bonds is 4. The van der Waals surface area contributed by atoms with Gasteiger partial charge in [-0.3, -0.25) is 9.59 Å². The molecule has 0 saturated carbocycles. The minimum absolute atomic E-state index is 0.00100. The molecule has 1 heterocycles. The van der Waals surface area contributed by atoms with Gasteiger partial charge in [0, 0.05) is 13.6 Å². The van der Waals surface area contributed by atoms with Crippen LogP contribution in [-0.4, -0.2) is 40.5 Å². The van der Waals surface area contributed by atoms with Crippen LogP contribution in [0.25, 0.3) is 0 Å². The summed E-state index contributed by atoms with van der Waals surface area (Å²) in [5.41, 5.74) is -0.0863. The number of carboxylic acid groups (broad SMARTS) is 1. The van der Waals surface area contributed by atoms with Crippen molar-refractivity contribution in [2.24, 2.45) is 5.92 Å². The topological polar surface area (TPSA) is 70.5 Å². The zero-order valence-electron chi connectivity index (χ0n) is 9.85. The van der Waals surface area contributed by atoms with Crippen LogP contribution in [0.15, 0.2) is 12.3 Å². The molecule has 1 N–H and O–H groups in total. The number of pyridine rings is 1. The number of hydrogen-bond donors (Lipinski definition) is 1. The van der Waals surface area contributed by atoms with E-state index < -0.39 is 23.6 Å². The van der Waals surface area contributed by atoms with Gasteiger partial charge in [0.1, 0.15) is 11.0 Å². The van der Waals surface area contributed by atoms with E-state index in [4.69, 9.17) is 16.7 Å². The first kappa shape index (κ1) is 14.4. The van der Waals surface area contributed by atoms with Gasteiger partial charge in [-0.05, 0) is 6.07 Å². The largest absolute Gasteiger partial charge is 0.481 e. The second kappa shape index (κ2) is 5.77. The molecule has 0 radical (unpaired) electrons. The van der Waals surface area contributed by atoms with Gasteiger partial charge < -0.3 is 10.0 Å². The molecule has 1 aromatic rings. The van der Waals surface area contributed by atoms with E-state index in [1.807, 2.05) is 0 Å². The lowest BCUT2D eigenvalue weighted by molar-refractivity contribution is -0.141. The van der Waals surface area contributed by atoms with E-state index in [9.17, 15) is 14.0 Å². The summed E-state index contributed by atoms with van der Waals surface area (Å²) < 4.78 is 13.0. The molecule has 0 bridgehead atoms. The Bertz CT molecular complexity index is 481. The monoisotopic (exact) mass is 274 g/mol. The van der Waals surface area contributed by atoms with Crippen molar-refractivity contribution in [1.29, 1.82) is 0 Å². The van der Waals surface area contributed by atoms with Crippen LogP contribution < -0.4 is 0 Å². The number of carbonyl (C=O) groups excluding carboxylic acids is 1. The number of nitrogens with zero attached hydrogens (tertiary/aromatic N) is 2. The Morgan fingerprint density at radius 1 is 1.61 bits per heavy atom. The second-order valence-electron chi connectivity index (χ2n) is 3.92. The van der Waals surface area contributed by atoms with Crippen molar-refractivity contribution >= 4 is 23.5 Å².